The Bertz CT molecular complexity index is 497. The number of hydrogen-bond acceptors (Lipinski definition) is 4. The molecule has 0 radical (unpaired) electrons. The molecule has 2 N–H and O–H groups in total. The summed E-state index contributed by atoms with van der Waals surface area (Å²) in [6, 6.07) is 8.05. The molecule has 0 saturated heterocycles. The van der Waals surface area contributed by atoms with Crippen molar-refractivity contribution < 1.29 is 4.74 Å². The minimum atomic E-state index is 0.601. The zero-order valence-corrected chi connectivity index (χ0v) is 10.5. The molecule has 0 aliphatic heterocycles. The number of benzene rings is 1. The molecule has 0 spiro atoms. The number of nitrogens with two attached hydrogens (primary N) is 1. The highest BCUT2D eigenvalue weighted by molar-refractivity contribution is 5.59. The second kappa shape index (κ2) is 6.12. The topological polar surface area (TPSA) is 61.0 Å². The molecule has 1 heterocycles. The smallest absolute Gasteiger partial charge is 0.159 e. The summed E-state index contributed by atoms with van der Waals surface area (Å²) >= 11 is 0. The summed E-state index contributed by atoms with van der Waals surface area (Å²) in [7, 11) is 0. The minimum absolute atomic E-state index is 0.601. The van der Waals surface area contributed by atoms with Crippen molar-refractivity contribution in [2.24, 2.45) is 5.73 Å². The van der Waals surface area contributed by atoms with E-state index in [1.165, 1.54) is 0 Å². The largest absolute Gasteiger partial charge is 0.490 e. The van der Waals surface area contributed by atoms with Gasteiger partial charge in [-0.15, -0.1) is 0 Å². The Morgan fingerprint density at radius 1 is 1.17 bits per heavy atom. The van der Waals surface area contributed by atoms with Gasteiger partial charge in [0, 0.05) is 5.56 Å². The van der Waals surface area contributed by atoms with Gasteiger partial charge in [-0.05, 0) is 25.5 Å². The summed E-state index contributed by atoms with van der Waals surface area (Å²) < 4.78 is 5.46. The minimum Gasteiger partial charge on any atom is -0.490 e. The van der Waals surface area contributed by atoms with Gasteiger partial charge in [0.2, 0.25) is 0 Å². The molecule has 4 nitrogen and oxygen atoms in total. The van der Waals surface area contributed by atoms with Crippen LogP contribution in [0, 0.1) is 6.92 Å². The third-order valence-corrected chi connectivity index (χ3v) is 2.63. The van der Waals surface area contributed by atoms with Gasteiger partial charge in [0.25, 0.3) is 0 Å². The van der Waals surface area contributed by atoms with E-state index in [1.54, 1.807) is 12.4 Å². The maximum Gasteiger partial charge on any atom is 0.159 e. The van der Waals surface area contributed by atoms with Gasteiger partial charge in [-0.2, -0.15) is 0 Å². The van der Waals surface area contributed by atoms with Crippen LogP contribution in [0.1, 0.15) is 12.0 Å². The lowest BCUT2D eigenvalue weighted by Gasteiger charge is -2.06. The van der Waals surface area contributed by atoms with E-state index in [-0.39, 0.29) is 0 Å². The van der Waals surface area contributed by atoms with Crippen molar-refractivity contribution in [2.45, 2.75) is 13.3 Å². The van der Waals surface area contributed by atoms with Crippen molar-refractivity contribution in [3.05, 3.63) is 42.2 Å². The monoisotopic (exact) mass is 243 g/mol. The molecule has 1 aromatic heterocycles. The molecular weight excluding hydrogens is 226 g/mol. The molecule has 0 aliphatic rings. The summed E-state index contributed by atoms with van der Waals surface area (Å²) in [6.45, 7) is 3.27. The van der Waals surface area contributed by atoms with E-state index >= 15 is 0 Å². The second-order valence-corrected chi connectivity index (χ2v) is 4.05. The summed E-state index contributed by atoms with van der Waals surface area (Å²) in [5.74, 6) is 1.40. The van der Waals surface area contributed by atoms with Gasteiger partial charge in [0.15, 0.2) is 11.6 Å². The quantitative estimate of drug-likeness (QED) is 0.818. The Labute approximate surface area is 107 Å². The SMILES string of the molecule is Cc1ccccc1-c1ncc(OCCCN)cn1. The summed E-state index contributed by atoms with van der Waals surface area (Å²) in [6.07, 6.45) is 4.23. The van der Waals surface area contributed by atoms with Crippen molar-refractivity contribution in [3.63, 3.8) is 0 Å². The molecule has 0 amide bonds. The fourth-order valence-corrected chi connectivity index (χ4v) is 1.63. The van der Waals surface area contributed by atoms with Crippen LogP contribution in [0.2, 0.25) is 0 Å². The fraction of sp³-hybridized carbons (Fsp3) is 0.286. The van der Waals surface area contributed by atoms with E-state index in [2.05, 4.69) is 9.97 Å². The molecule has 0 fully saturated rings. The van der Waals surface area contributed by atoms with Crippen LogP contribution >= 0.6 is 0 Å². The van der Waals surface area contributed by atoms with E-state index in [0.717, 1.165) is 23.4 Å². The zero-order chi connectivity index (χ0) is 12.8. The standard InChI is InChI=1S/C14H17N3O/c1-11-5-2-3-6-13(11)14-16-9-12(10-17-14)18-8-4-7-15/h2-3,5-6,9-10H,4,7-8,15H2,1H3. The fourth-order valence-electron chi connectivity index (χ4n) is 1.63. The van der Waals surface area contributed by atoms with E-state index in [4.69, 9.17) is 10.5 Å². The maximum absolute atomic E-state index is 5.46. The third kappa shape index (κ3) is 3.05. The Morgan fingerprint density at radius 3 is 2.56 bits per heavy atom. The molecule has 0 saturated carbocycles. The Hall–Kier alpha value is -1.94. The Kier molecular flexibility index (Phi) is 4.25. The highest BCUT2D eigenvalue weighted by atomic mass is 16.5. The van der Waals surface area contributed by atoms with E-state index in [0.29, 0.717) is 18.9 Å². The van der Waals surface area contributed by atoms with E-state index < -0.39 is 0 Å². The van der Waals surface area contributed by atoms with Gasteiger partial charge in [-0.3, -0.25) is 0 Å². The van der Waals surface area contributed by atoms with Crippen LogP contribution in [0.4, 0.5) is 0 Å². The number of ether oxygens (including phenoxy) is 1. The van der Waals surface area contributed by atoms with Gasteiger partial charge in [-0.1, -0.05) is 24.3 Å². The first-order valence-corrected chi connectivity index (χ1v) is 6.02. The average Bonchev–Trinajstić information content (AvgIpc) is 2.41. The number of hydrogen-bond donors (Lipinski definition) is 1. The molecule has 2 aromatic rings. The van der Waals surface area contributed by atoms with Crippen LogP contribution in [-0.2, 0) is 0 Å². The highest BCUT2D eigenvalue weighted by Gasteiger charge is 2.04. The van der Waals surface area contributed by atoms with Crippen LogP contribution in [-0.4, -0.2) is 23.1 Å². The number of aryl methyl sites for hydroxylation is 1. The van der Waals surface area contributed by atoms with Crippen molar-refractivity contribution in [2.75, 3.05) is 13.2 Å². The molecule has 4 heteroatoms. The van der Waals surface area contributed by atoms with Crippen molar-refractivity contribution in [3.8, 4) is 17.1 Å². The molecule has 0 aliphatic carbocycles. The molecule has 0 unspecified atom stereocenters. The molecule has 2 rings (SSSR count). The first-order valence-electron chi connectivity index (χ1n) is 6.02. The third-order valence-electron chi connectivity index (χ3n) is 2.63. The van der Waals surface area contributed by atoms with Crippen molar-refractivity contribution in [1.82, 2.24) is 9.97 Å². The zero-order valence-electron chi connectivity index (χ0n) is 10.5. The van der Waals surface area contributed by atoms with Crippen LogP contribution in [0.3, 0.4) is 0 Å². The molecule has 0 atom stereocenters. The Balaban J connectivity index is 2.10. The van der Waals surface area contributed by atoms with E-state index in [1.807, 2.05) is 31.2 Å². The number of aromatic nitrogens is 2. The van der Waals surface area contributed by atoms with Gasteiger partial charge in [-0.25, -0.2) is 9.97 Å². The molecule has 94 valence electrons. The van der Waals surface area contributed by atoms with Crippen LogP contribution in [0.15, 0.2) is 36.7 Å². The van der Waals surface area contributed by atoms with Gasteiger partial charge >= 0.3 is 0 Å². The molecular formula is C14H17N3O. The predicted molar refractivity (Wildman–Crippen MR) is 71.4 cm³/mol. The molecule has 0 bridgehead atoms. The lowest BCUT2D eigenvalue weighted by Crippen LogP contribution is -2.06. The number of rotatable bonds is 5. The number of nitrogens with zero attached hydrogens (tertiary/aromatic N) is 2. The first-order chi connectivity index (χ1) is 8.81. The summed E-state index contributed by atoms with van der Waals surface area (Å²) in [4.78, 5) is 8.64. The van der Waals surface area contributed by atoms with Crippen LogP contribution < -0.4 is 10.5 Å². The summed E-state index contributed by atoms with van der Waals surface area (Å²) in [5.41, 5.74) is 7.61. The predicted octanol–water partition coefficient (Wildman–Crippen LogP) is 2.18. The Morgan fingerprint density at radius 2 is 1.89 bits per heavy atom. The van der Waals surface area contributed by atoms with Gasteiger partial charge in [0.05, 0.1) is 19.0 Å². The lowest BCUT2D eigenvalue weighted by atomic mass is 10.1. The first kappa shape index (κ1) is 12.5. The lowest BCUT2D eigenvalue weighted by molar-refractivity contribution is 0.311. The molecule has 18 heavy (non-hydrogen) atoms. The van der Waals surface area contributed by atoms with E-state index in [9.17, 15) is 0 Å². The normalized spacial score (nSPS) is 10.3. The average molecular weight is 243 g/mol. The van der Waals surface area contributed by atoms with Crippen LogP contribution in [0.25, 0.3) is 11.4 Å². The second-order valence-electron chi connectivity index (χ2n) is 4.05. The summed E-state index contributed by atoms with van der Waals surface area (Å²) in [5, 5.41) is 0. The highest BCUT2D eigenvalue weighted by Crippen LogP contribution is 2.19. The van der Waals surface area contributed by atoms with Crippen molar-refractivity contribution >= 4 is 0 Å². The van der Waals surface area contributed by atoms with Crippen LogP contribution in [0.5, 0.6) is 5.75 Å². The van der Waals surface area contributed by atoms with Crippen molar-refractivity contribution in [1.29, 1.82) is 0 Å². The van der Waals surface area contributed by atoms with Gasteiger partial charge < -0.3 is 10.5 Å². The van der Waals surface area contributed by atoms with Gasteiger partial charge in [0.1, 0.15) is 0 Å². The molecule has 1 aromatic carbocycles. The maximum atomic E-state index is 5.46.